The quantitative estimate of drug-likeness (QED) is 0.725. The highest BCUT2D eigenvalue weighted by Crippen LogP contribution is 2.23. The van der Waals surface area contributed by atoms with E-state index < -0.39 is 11.8 Å². The van der Waals surface area contributed by atoms with Gasteiger partial charge in [-0.05, 0) is 26.7 Å². The first-order chi connectivity index (χ1) is 10.5. The first kappa shape index (κ1) is 16.5. The van der Waals surface area contributed by atoms with Gasteiger partial charge in [0.2, 0.25) is 0 Å². The van der Waals surface area contributed by atoms with Crippen LogP contribution in [0.4, 0.5) is 5.69 Å². The van der Waals surface area contributed by atoms with Crippen molar-refractivity contribution in [1.82, 2.24) is 15.1 Å². The number of aliphatic hydroxyl groups excluding tert-OH is 1. The summed E-state index contributed by atoms with van der Waals surface area (Å²) in [6, 6.07) is 0.187. The Balaban J connectivity index is 1.80. The summed E-state index contributed by atoms with van der Waals surface area (Å²) in [5.74, 6) is -1.36. The number of aliphatic hydroxyl groups is 1. The molecule has 1 fully saturated rings. The standard InChI is InChI=1S/C15H24N4O3/c1-10(2)19-9-12(8-17-19)18-15(22)14(21)16-7-11-5-3-4-6-13(11)20/h8-11,13,20H,3-7H2,1-2H3,(H,16,21)(H,18,22)/t11-,13-/m1/s1. The summed E-state index contributed by atoms with van der Waals surface area (Å²) in [5.41, 5.74) is 0.492. The molecule has 3 N–H and O–H groups in total. The second-order valence-corrected chi connectivity index (χ2v) is 6.08. The van der Waals surface area contributed by atoms with Gasteiger partial charge in [-0.1, -0.05) is 12.8 Å². The number of carbonyl (C=O) groups is 2. The molecule has 0 spiro atoms. The van der Waals surface area contributed by atoms with Gasteiger partial charge in [-0.2, -0.15) is 5.10 Å². The number of rotatable bonds is 4. The van der Waals surface area contributed by atoms with E-state index in [0.29, 0.717) is 12.2 Å². The molecule has 1 saturated carbocycles. The van der Waals surface area contributed by atoms with Gasteiger partial charge in [0.1, 0.15) is 0 Å². The van der Waals surface area contributed by atoms with Gasteiger partial charge in [-0.25, -0.2) is 0 Å². The number of nitrogens with zero attached hydrogens (tertiary/aromatic N) is 2. The van der Waals surface area contributed by atoms with Crippen molar-refractivity contribution in [3.8, 4) is 0 Å². The molecule has 1 aliphatic carbocycles. The van der Waals surface area contributed by atoms with Gasteiger partial charge in [-0.3, -0.25) is 14.3 Å². The van der Waals surface area contributed by atoms with Crippen molar-refractivity contribution in [2.45, 2.75) is 51.7 Å². The maximum atomic E-state index is 11.8. The first-order valence-electron chi connectivity index (χ1n) is 7.78. The maximum absolute atomic E-state index is 11.8. The Bertz CT molecular complexity index is 527. The lowest BCUT2D eigenvalue weighted by atomic mass is 9.86. The minimum Gasteiger partial charge on any atom is -0.393 e. The number of aromatic nitrogens is 2. The van der Waals surface area contributed by atoms with E-state index in [9.17, 15) is 14.7 Å². The Hall–Kier alpha value is -1.89. The SMILES string of the molecule is CC(C)n1cc(NC(=O)C(=O)NC[C@H]2CCCC[C@H]2O)cn1. The third-order valence-corrected chi connectivity index (χ3v) is 3.99. The average Bonchev–Trinajstić information content (AvgIpc) is 2.94. The lowest BCUT2D eigenvalue weighted by Gasteiger charge is -2.27. The van der Waals surface area contributed by atoms with Crippen LogP contribution >= 0.6 is 0 Å². The van der Waals surface area contributed by atoms with Crippen molar-refractivity contribution in [1.29, 1.82) is 0 Å². The van der Waals surface area contributed by atoms with E-state index in [1.807, 2.05) is 13.8 Å². The van der Waals surface area contributed by atoms with E-state index >= 15 is 0 Å². The normalized spacial score (nSPS) is 21.6. The summed E-state index contributed by atoms with van der Waals surface area (Å²) in [4.78, 5) is 23.6. The molecule has 22 heavy (non-hydrogen) atoms. The van der Waals surface area contributed by atoms with Crippen LogP contribution in [-0.4, -0.2) is 39.4 Å². The second-order valence-electron chi connectivity index (χ2n) is 6.08. The predicted molar refractivity (Wildman–Crippen MR) is 82.2 cm³/mol. The molecule has 1 aliphatic rings. The number of anilines is 1. The van der Waals surface area contributed by atoms with E-state index in [1.165, 1.54) is 6.20 Å². The molecule has 2 atom stereocenters. The van der Waals surface area contributed by atoms with Gasteiger partial charge < -0.3 is 15.7 Å². The lowest BCUT2D eigenvalue weighted by molar-refractivity contribution is -0.136. The van der Waals surface area contributed by atoms with Crippen molar-refractivity contribution in [3.63, 3.8) is 0 Å². The molecule has 0 aliphatic heterocycles. The van der Waals surface area contributed by atoms with Gasteiger partial charge in [-0.15, -0.1) is 0 Å². The molecule has 0 bridgehead atoms. The molecule has 0 radical (unpaired) electrons. The minimum absolute atomic E-state index is 0.0363. The van der Waals surface area contributed by atoms with Crippen LogP contribution in [0.1, 0.15) is 45.6 Å². The molecule has 0 saturated heterocycles. The van der Waals surface area contributed by atoms with E-state index in [2.05, 4.69) is 15.7 Å². The Labute approximate surface area is 130 Å². The number of hydrogen-bond donors (Lipinski definition) is 3. The van der Waals surface area contributed by atoms with Crippen molar-refractivity contribution in [3.05, 3.63) is 12.4 Å². The molecule has 1 heterocycles. The van der Waals surface area contributed by atoms with E-state index in [-0.39, 0.29) is 18.1 Å². The van der Waals surface area contributed by atoms with Crippen LogP contribution < -0.4 is 10.6 Å². The molecule has 1 aromatic rings. The first-order valence-corrected chi connectivity index (χ1v) is 7.78. The summed E-state index contributed by atoms with van der Waals surface area (Å²) >= 11 is 0. The van der Waals surface area contributed by atoms with Crippen LogP contribution in [0.3, 0.4) is 0 Å². The molecule has 122 valence electrons. The zero-order chi connectivity index (χ0) is 16.1. The van der Waals surface area contributed by atoms with E-state index in [0.717, 1.165) is 25.7 Å². The van der Waals surface area contributed by atoms with Crippen molar-refractivity contribution < 1.29 is 14.7 Å². The highest BCUT2D eigenvalue weighted by Gasteiger charge is 2.24. The van der Waals surface area contributed by atoms with Gasteiger partial charge >= 0.3 is 11.8 Å². The van der Waals surface area contributed by atoms with Crippen molar-refractivity contribution >= 4 is 17.5 Å². The Morgan fingerprint density at radius 3 is 2.73 bits per heavy atom. The lowest BCUT2D eigenvalue weighted by Crippen LogP contribution is -2.41. The second kappa shape index (κ2) is 7.40. The van der Waals surface area contributed by atoms with Crippen LogP contribution in [0.5, 0.6) is 0 Å². The van der Waals surface area contributed by atoms with Gasteiger partial charge in [0.15, 0.2) is 0 Å². The summed E-state index contributed by atoms with van der Waals surface area (Å²) in [6.45, 7) is 4.28. The fraction of sp³-hybridized carbons (Fsp3) is 0.667. The molecule has 2 amide bonds. The van der Waals surface area contributed by atoms with Gasteiger partial charge in [0, 0.05) is 24.7 Å². The van der Waals surface area contributed by atoms with Gasteiger partial charge in [0.05, 0.1) is 18.0 Å². The van der Waals surface area contributed by atoms with Gasteiger partial charge in [0.25, 0.3) is 0 Å². The monoisotopic (exact) mass is 308 g/mol. The summed E-state index contributed by atoms with van der Waals surface area (Å²) in [7, 11) is 0. The number of carbonyl (C=O) groups excluding carboxylic acids is 2. The third kappa shape index (κ3) is 4.30. The number of hydrogen-bond acceptors (Lipinski definition) is 4. The number of nitrogens with one attached hydrogen (secondary N) is 2. The molecule has 7 nitrogen and oxygen atoms in total. The minimum atomic E-state index is -0.714. The maximum Gasteiger partial charge on any atom is 0.313 e. The molecule has 0 unspecified atom stereocenters. The van der Waals surface area contributed by atoms with Crippen LogP contribution in [0.25, 0.3) is 0 Å². The summed E-state index contributed by atoms with van der Waals surface area (Å²) in [6.07, 6.45) is 6.52. The van der Waals surface area contributed by atoms with E-state index in [4.69, 9.17) is 0 Å². The average molecular weight is 308 g/mol. The van der Waals surface area contributed by atoms with E-state index in [1.54, 1.807) is 10.9 Å². The predicted octanol–water partition coefficient (Wildman–Crippen LogP) is 1.07. The molecule has 2 rings (SSSR count). The highest BCUT2D eigenvalue weighted by molar-refractivity contribution is 6.39. The molecular formula is C15H24N4O3. The van der Waals surface area contributed by atoms with Crippen LogP contribution in [0.15, 0.2) is 12.4 Å². The molecule has 0 aromatic carbocycles. The smallest absolute Gasteiger partial charge is 0.313 e. The van der Waals surface area contributed by atoms with Crippen LogP contribution in [-0.2, 0) is 9.59 Å². The Morgan fingerprint density at radius 1 is 1.36 bits per heavy atom. The highest BCUT2D eigenvalue weighted by atomic mass is 16.3. The van der Waals surface area contributed by atoms with Crippen molar-refractivity contribution in [2.75, 3.05) is 11.9 Å². The Morgan fingerprint density at radius 2 is 2.09 bits per heavy atom. The fourth-order valence-corrected chi connectivity index (χ4v) is 2.60. The Kier molecular flexibility index (Phi) is 5.54. The molecule has 7 heteroatoms. The van der Waals surface area contributed by atoms with Crippen LogP contribution in [0, 0.1) is 5.92 Å². The third-order valence-electron chi connectivity index (χ3n) is 3.99. The fourth-order valence-electron chi connectivity index (χ4n) is 2.60. The zero-order valence-corrected chi connectivity index (χ0v) is 13.1. The summed E-state index contributed by atoms with van der Waals surface area (Å²) in [5, 5.41) is 19.1. The van der Waals surface area contributed by atoms with Crippen LogP contribution in [0.2, 0.25) is 0 Å². The molecule has 1 aromatic heterocycles. The summed E-state index contributed by atoms with van der Waals surface area (Å²) < 4.78 is 1.70. The molecular weight excluding hydrogens is 284 g/mol. The zero-order valence-electron chi connectivity index (χ0n) is 13.1. The number of amides is 2. The topological polar surface area (TPSA) is 96.2 Å². The largest absolute Gasteiger partial charge is 0.393 e. The van der Waals surface area contributed by atoms with Crippen molar-refractivity contribution in [2.24, 2.45) is 5.92 Å².